The maximum Gasteiger partial charge on any atom is 0.261 e. The van der Waals surface area contributed by atoms with Gasteiger partial charge in [0.15, 0.2) is 0 Å². The molecule has 1 N–H and O–H groups in total. The Balaban J connectivity index is 1.48. The Morgan fingerprint density at radius 3 is 2.76 bits per heavy atom. The highest BCUT2D eigenvalue weighted by molar-refractivity contribution is 7.99. The predicted octanol–water partition coefficient (Wildman–Crippen LogP) is 3.38. The van der Waals surface area contributed by atoms with Crippen LogP contribution in [0.4, 0.5) is 15.8 Å². The summed E-state index contributed by atoms with van der Waals surface area (Å²) in [5.41, 5.74) is 1.40. The molecule has 4 rings (SSSR count). The van der Waals surface area contributed by atoms with Crippen molar-refractivity contribution in [2.45, 2.75) is 6.54 Å². The van der Waals surface area contributed by atoms with Gasteiger partial charge in [-0.1, -0.05) is 11.6 Å². The topological polar surface area (TPSA) is 67.2 Å². The highest BCUT2D eigenvalue weighted by atomic mass is 35.5. The van der Waals surface area contributed by atoms with Crippen molar-refractivity contribution in [2.24, 2.45) is 0 Å². The van der Waals surface area contributed by atoms with Crippen molar-refractivity contribution in [3.8, 4) is 0 Å². The SMILES string of the molecule is O=C(Cn1cnc2ccc(F)cc2c1=O)Nc1ccc(N2CCSCC2)c(Cl)c1. The molecule has 1 fully saturated rings. The van der Waals surface area contributed by atoms with Crippen LogP contribution in [-0.2, 0) is 11.3 Å². The van der Waals surface area contributed by atoms with E-state index in [1.807, 2.05) is 17.8 Å². The van der Waals surface area contributed by atoms with E-state index >= 15 is 0 Å². The van der Waals surface area contributed by atoms with Gasteiger partial charge in [0, 0.05) is 30.3 Å². The molecule has 0 bridgehead atoms. The van der Waals surface area contributed by atoms with Gasteiger partial charge in [0.2, 0.25) is 5.91 Å². The maximum absolute atomic E-state index is 13.4. The normalized spacial score (nSPS) is 14.2. The minimum absolute atomic E-state index is 0.132. The lowest BCUT2D eigenvalue weighted by atomic mass is 10.2. The summed E-state index contributed by atoms with van der Waals surface area (Å²) >= 11 is 8.33. The molecule has 2 aromatic carbocycles. The van der Waals surface area contributed by atoms with Crippen LogP contribution in [0.15, 0.2) is 47.5 Å². The molecule has 29 heavy (non-hydrogen) atoms. The van der Waals surface area contributed by atoms with E-state index < -0.39 is 17.3 Å². The molecule has 2 heterocycles. The van der Waals surface area contributed by atoms with Crippen LogP contribution in [0.25, 0.3) is 10.9 Å². The van der Waals surface area contributed by atoms with Gasteiger partial charge >= 0.3 is 0 Å². The second-order valence-corrected chi connectivity index (χ2v) is 8.28. The zero-order valence-electron chi connectivity index (χ0n) is 15.4. The summed E-state index contributed by atoms with van der Waals surface area (Å²) in [6, 6.07) is 9.17. The number of hydrogen-bond donors (Lipinski definition) is 1. The van der Waals surface area contributed by atoms with Crippen molar-refractivity contribution in [2.75, 3.05) is 34.8 Å². The smallest absolute Gasteiger partial charge is 0.261 e. The summed E-state index contributed by atoms with van der Waals surface area (Å²) in [6.07, 6.45) is 1.28. The summed E-state index contributed by atoms with van der Waals surface area (Å²) in [5.74, 6) is 1.20. The third kappa shape index (κ3) is 4.38. The number of fused-ring (bicyclic) bond motifs is 1. The number of anilines is 2. The first-order valence-electron chi connectivity index (χ1n) is 9.08. The van der Waals surface area contributed by atoms with Gasteiger partial charge in [0.25, 0.3) is 5.56 Å². The van der Waals surface area contributed by atoms with Crippen LogP contribution in [0.3, 0.4) is 0 Å². The monoisotopic (exact) mass is 432 g/mol. The number of hydrogen-bond acceptors (Lipinski definition) is 5. The van der Waals surface area contributed by atoms with Crippen molar-refractivity contribution >= 4 is 51.5 Å². The van der Waals surface area contributed by atoms with E-state index in [-0.39, 0.29) is 11.9 Å². The number of rotatable bonds is 4. The molecule has 3 aromatic rings. The minimum atomic E-state index is -0.527. The lowest BCUT2D eigenvalue weighted by molar-refractivity contribution is -0.116. The second-order valence-electron chi connectivity index (χ2n) is 6.65. The summed E-state index contributed by atoms with van der Waals surface area (Å²) < 4.78 is 14.6. The van der Waals surface area contributed by atoms with Gasteiger partial charge in [-0.25, -0.2) is 9.37 Å². The van der Waals surface area contributed by atoms with E-state index in [0.29, 0.717) is 16.2 Å². The van der Waals surface area contributed by atoms with Crippen LogP contribution in [-0.4, -0.2) is 40.1 Å². The maximum atomic E-state index is 13.4. The van der Waals surface area contributed by atoms with E-state index in [9.17, 15) is 14.0 Å². The average molecular weight is 433 g/mol. The van der Waals surface area contributed by atoms with Gasteiger partial charge in [0.05, 0.1) is 27.9 Å². The van der Waals surface area contributed by atoms with Gasteiger partial charge in [-0.15, -0.1) is 0 Å². The molecule has 9 heteroatoms. The van der Waals surface area contributed by atoms with Crippen molar-refractivity contribution in [1.29, 1.82) is 0 Å². The van der Waals surface area contributed by atoms with Crippen molar-refractivity contribution in [3.63, 3.8) is 0 Å². The summed E-state index contributed by atoms with van der Waals surface area (Å²) in [7, 11) is 0. The number of thioether (sulfide) groups is 1. The van der Waals surface area contributed by atoms with E-state index in [4.69, 9.17) is 11.6 Å². The molecule has 150 valence electrons. The summed E-state index contributed by atoms with van der Waals surface area (Å²) in [4.78, 5) is 31.2. The van der Waals surface area contributed by atoms with Gasteiger partial charge in [-0.05, 0) is 36.4 Å². The molecule has 6 nitrogen and oxygen atoms in total. The zero-order chi connectivity index (χ0) is 20.4. The molecule has 0 atom stereocenters. The number of nitrogens with zero attached hydrogens (tertiary/aromatic N) is 3. The number of nitrogens with one attached hydrogen (secondary N) is 1. The molecule has 1 aliphatic rings. The summed E-state index contributed by atoms with van der Waals surface area (Å²) in [6.45, 7) is 1.64. The van der Waals surface area contributed by atoms with Gasteiger partial charge in [-0.2, -0.15) is 11.8 Å². The Kier molecular flexibility index (Phi) is 5.73. The number of benzene rings is 2. The molecular formula is C20H18ClFN4O2S. The Bertz CT molecular complexity index is 1130. The van der Waals surface area contributed by atoms with Crippen LogP contribution >= 0.6 is 23.4 Å². The highest BCUT2D eigenvalue weighted by Gasteiger charge is 2.15. The largest absolute Gasteiger partial charge is 0.369 e. The molecule has 0 saturated carbocycles. The first-order chi connectivity index (χ1) is 14.0. The van der Waals surface area contributed by atoms with E-state index in [1.165, 1.54) is 18.5 Å². The molecule has 0 radical (unpaired) electrons. The fourth-order valence-corrected chi connectivity index (χ4v) is 4.45. The first kappa shape index (κ1) is 19.7. The molecule has 1 aromatic heterocycles. The molecule has 0 aliphatic carbocycles. The Hall–Kier alpha value is -2.58. The minimum Gasteiger partial charge on any atom is -0.369 e. The van der Waals surface area contributed by atoms with Crippen LogP contribution in [0.5, 0.6) is 0 Å². The Labute approximate surface area is 175 Å². The highest BCUT2D eigenvalue weighted by Crippen LogP contribution is 2.30. The third-order valence-corrected chi connectivity index (χ3v) is 5.93. The fourth-order valence-electron chi connectivity index (χ4n) is 3.24. The van der Waals surface area contributed by atoms with Crippen LogP contribution in [0.1, 0.15) is 0 Å². The van der Waals surface area contributed by atoms with E-state index in [1.54, 1.807) is 12.1 Å². The standard InChI is InChI=1S/C20H18ClFN4O2S/c21-16-10-14(2-4-18(16)25-5-7-29-8-6-25)24-19(27)11-26-12-23-17-3-1-13(22)9-15(17)20(26)28/h1-4,9-10,12H,5-8,11H2,(H,24,27). The number of halogens is 2. The van der Waals surface area contributed by atoms with E-state index in [2.05, 4.69) is 15.2 Å². The molecule has 1 saturated heterocycles. The lowest BCUT2D eigenvalue weighted by Gasteiger charge is -2.29. The van der Waals surface area contributed by atoms with Crippen LogP contribution < -0.4 is 15.8 Å². The van der Waals surface area contributed by atoms with E-state index in [0.717, 1.165) is 40.9 Å². The third-order valence-electron chi connectivity index (χ3n) is 4.68. The zero-order valence-corrected chi connectivity index (χ0v) is 17.0. The lowest BCUT2D eigenvalue weighted by Crippen LogP contribution is -2.32. The second kappa shape index (κ2) is 8.42. The Morgan fingerprint density at radius 1 is 1.21 bits per heavy atom. The first-order valence-corrected chi connectivity index (χ1v) is 10.6. The number of amides is 1. The molecule has 1 aliphatic heterocycles. The molecular weight excluding hydrogens is 415 g/mol. The predicted molar refractivity (Wildman–Crippen MR) is 116 cm³/mol. The molecule has 1 amide bonds. The van der Waals surface area contributed by atoms with Crippen molar-refractivity contribution < 1.29 is 9.18 Å². The van der Waals surface area contributed by atoms with Crippen LogP contribution in [0.2, 0.25) is 5.02 Å². The molecule has 0 unspecified atom stereocenters. The quantitative estimate of drug-likeness (QED) is 0.684. The van der Waals surface area contributed by atoms with Crippen LogP contribution in [0, 0.1) is 5.82 Å². The summed E-state index contributed by atoms with van der Waals surface area (Å²) in [5, 5.41) is 3.44. The van der Waals surface area contributed by atoms with Crippen molar-refractivity contribution in [3.05, 3.63) is 63.9 Å². The van der Waals surface area contributed by atoms with Crippen molar-refractivity contribution in [1.82, 2.24) is 9.55 Å². The number of carbonyl (C=O) groups is 1. The average Bonchev–Trinajstić information content (AvgIpc) is 2.71. The molecule has 0 spiro atoms. The fraction of sp³-hybridized carbons (Fsp3) is 0.250. The Morgan fingerprint density at radius 2 is 2.00 bits per heavy atom. The number of aromatic nitrogens is 2. The van der Waals surface area contributed by atoms with Gasteiger partial charge in [-0.3, -0.25) is 14.2 Å². The van der Waals surface area contributed by atoms with Gasteiger partial charge < -0.3 is 10.2 Å². The van der Waals surface area contributed by atoms with Gasteiger partial charge in [0.1, 0.15) is 12.4 Å². The number of carbonyl (C=O) groups excluding carboxylic acids is 1.